The van der Waals surface area contributed by atoms with Crippen molar-refractivity contribution in [3.8, 4) is 0 Å². The van der Waals surface area contributed by atoms with Crippen LogP contribution in [-0.4, -0.2) is 0 Å². The Morgan fingerprint density at radius 1 is 1.12 bits per heavy atom. The van der Waals surface area contributed by atoms with Gasteiger partial charge in [0.1, 0.15) is 0 Å². The molecule has 0 aliphatic rings. The second kappa shape index (κ2) is 14.5. The highest BCUT2D eigenvalue weighted by Crippen LogP contribution is 2.10. The predicted octanol–water partition coefficient (Wildman–Crippen LogP) is 5.63. The van der Waals surface area contributed by atoms with E-state index in [0.717, 1.165) is 12.1 Å². The van der Waals surface area contributed by atoms with Crippen molar-refractivity contribution in [2.45, 2.75) is 41.0 Å². The van der Waals surface area contributed by atoms with Crippen LogP contribution in [0.15, 0.2) is 54.8 Å². The van der Waals surface area contributed by atoms with E-state index in [9.17, 15) is 0 Å². The van der Waals surface area contributed by atoms with Crippen LogP contribution >= 0.6 is 0 Å². The molecule has 1 aromatic carbocycles. The molecule has 0 bridgehead atoms. The maximum atomic E-state index is 3.67. The number of nitrogens with one attached hydrogen (secondary N) is 1. The molecule has 0 aliphatic carbocycles. The monoisotopic (exact) mass is 233 g/mol. The Labute approximate surface area is 107 Å². The minimum absolute atomic E-state index is 0.987. The lowest BCUT2D eigenvalue weighted by Crippen LogP contribution is -1.97. The van der Waals surface area contributed by atoms with Gasteiger partial charge in [-0.3, -0.25) is 0 Å². The summed E-state index contributed by atoms with van der Waals surface area (Å²) in [7, 11) is 0. The zero-order chi connectivity index (χ0) is 13.5. The number of para-hydroxylation sites is 1. The molecular weight excluding hydrogens is 206 g/mol. The van der Waals surface area contributed by atoms with Crippen LogP contribution in [0.1, 0.15) is 41.0 Å². The average Bonchev–Trinajstić information content (AvgIpc) is 2.44. The van der Waals surface area contributed by atoms with Crippen LogP contribution in [0.3, 0.4) is 0 Å². The summed E-state index contributed by atoms with van der Waals surface area (Å²) in [6.07, 6.45) is 4.78. The molecule has 1 nitrogen and oxygen atoms in total. The van der Waals surface area contributed by atoms with Gasteiger partial charge in [0.2, 0.25) is 0 Å². The van der Waals surface area contributed by atoms with Crippen molar-refractivity contribution in [1.82, 2.24) is 0 Å². The van der Waals surface area contributed by atoms with E-state index < -0.39 is 0 Å². The highest BCUT2D eigenvalue weighted by Gasteiger charge is 1.92. The van der Waals surface area contributed by atoms with E-state index in [0.29, 0.717) is 0 Å². The number of anilines is 1. The van der Waals surface area contributed by atoms with E-state index >= 15 is 0 Å². The molecule has 1 N–H and O–H groups in total. The maximum Gasteiger partial charge on any atom is 0.0381 e. The number of hydrogen-bond donors (Lipinski definition) is 1. The Bertz CT molecular complexity index is 286. The molecule has 0 unspecified atom stereocenters. The molecule has 0 fully saturated rings. The van der Waals surface area contributed by atoms with Crippen molar-refractivity contribution in [1.29, 1.82) is 0 Å². The van der Waals surface area contributed by atoms with Gasteiger partial charge < -0.3 is 5.32 Å². The summed E-state index contributed by atoms with van der Waals surface area (Å²) in [6, 6.07) is 10.1. The van der Waals surface area contributed by atoms with Crippen molar-refractivity contribution < 1.29 is 0 Å². The summed E-state index contributed by atoms with van der Waals surface area (Å²) in [6.45, 7) is 13.8. The SMILES string of the molecule is C=C/C=C(\CC)Nc1ccccc1.CC.CC. The molecule has 0 radical (unpaired) electrons. The van der Waals surface area contributed by atoms with Gasteiger partial charge in [-0.05, 0) is 24.6 Å². The van der Waals surface area contributed by atoms with E-state index in [1.165, 1.54) is 5.70 Å². The molecule has 0 spiro atoms. The van der Waals surface area contributed by atoms with Crippen LogP contribution in [0.4, 0.5) is 5.69 Å². The highest BCUT2D eigenvalue weighted by molar-refractivity contribution is 5.48. The van der Waals surface area contributed by atoms with Crippen molar-refractivity contribution in [3.63, 3.8) is 0 Å². The topological polar surface area (TPSA) is 12.0 Å². The Morgan fingerprint density at radius 2 is 1.65 bits per heavy atom. The van der Waals surface area contributed by atoms with Crippen molar-refractivity contribution in [3.05, 3.63) is 54.8 Å². The second-order valence-electron chi connectivity index (χ2n) is 2.77. The van der Waals surface area contributed by atoms with Gasteiger partial charge in [0.15, 0.2) is 0 Å². The van der Waals surface area contributed by atoms with Crippen molar-refractivity contribution in [2.24, 2.45) is 0 Å². The largest absolute Gasteiger partial charge is 0.359 e. The smallest absolute Gasteiger partial charge is 0.0381 e. The predicted molar refractivity (Wildman–Crippen MR) is 81.3 cm³/mol. The van der Waals surface area contributed by atoms with Gasteiger partial charge in [0, 0.05) is 11.4 Å². The molecule has 17 heavy (non-hydrogen) atoms. The average molecular weight is 233 g/mol. The van der Waals surface area contributed by atoms with Gasteiger partial charge in [-0.2, -0.15) is 0 Å². The first-order valence-corrected chi connectivity index (χ1v) is 6.50. The van der Waals surface area contributed by atoms with Gasteiger partial charge in [0.05, 0.1) is 0 Å². The van der Waals surface area contributed by atoms with Crippen LogP contribution in [0.2, 0.25) is 0 Å². The maximum absolute atomic E-state index is 3.67. The van der Waals surface area contributed by atoms with Crippen molar-refractivity contribution >= 4 is 5.69 Å². The molecule has 0 saturated heterocycles. The lowest BCUT2D eigenvalue weighted by atomic mass is 10.2. The summed E-state index contributed by atoms with van der Waals surface area (Å²) < 4.78 is 0. The Balaban J connectivity index is 0. The standard InChI is InChI=1S/C12H15N.2C2H6/c1-3-8-11(4-2)13-12-9-6-5-7-10-12;2*1-2/h3,5-10,13H,1,4H2,2H3;2*1-2H3/b11-8+;;. The van der Waals surface area contributed by atoms with Gasteiger partial charge in [-0.15, -0.1) is 0 Å². The number of hydrogen-bond acceptors (Lipinski definition) is 1. The molecule has 1 aromatic rings. The molecule has 0 aromatic heterocycles. The zero-order valence-corrected chi connectivity index (χ0v) is 12.0. The molecule has 1 heteroatoms. The van der Waals surface area contributed by atoms with Crippen LogP contribution in [0, 0.1) is 0 Å². The number of rotatable bonds is 4. The fourth-order valence-corrected chi connectivity index (χ4v) is 1.10. The molecule has 0 amide bonds. The lowest BCUT2D eigenvalue weighted by Gasteiger charge is -2.07. The van der Waals surface area contributed by atoms with E-state index in [-0.39, 0.29) is 0 Å². The zero-order valence-electron chi connectivity index (χ0n) is 12.0. The Hall–Kier alpha value is -1.50. The Kier molecular flexibility index (Phi) is 15.3. The first-order valence-electron chi connectivity index (χ1n) is 6.50. The quantitative estimate of drug-likeness (QED) is 0.664. The molecular formula is C16H27N. The third kappa shape index (κ3) is 9.43. The first-order chi connectivity index (χ1) is 8.36. The fourth-order valence-electron chi connectivity index (χ4n) is 1.10. The second-order valence-corrected chi connectivity index (χ2v) is 2.77. The summed E-state index contributed by atoms with van der Waals surface area (Å²) >= 11 is 0. The third-order valence-electron chi connectivity index (χ3n) is 1.78. The van der Waals surface area contributed by atoms with Crippen LogP contribution in [0.5, 0.6) is 0 Å². The normalized spacial score (nSPS) is 9.12. The Morgan fingerprint density at radius 3 is 2.06 bits per heavy atom. The van der Waals surface area contributed by atoms with E-state index in [2.05, 4.69) is 18.8 Å². The highest BCUT2D eigenvalue weighted by atomic mass is 14.9. The van der Waals surface area contributed by atoms with Gasteiger partial charge in [-0.25, -0.2) is 0 Å². The minimum atomic E-state index is 0.987. The third-order valence-corrected chi connectivity index (χ3v) is 1.78. The molecule has 0 aliphatic heterocycles. The lowest BCUT2D eigenvalue weighted by molar-refractivity contribution is 1.11. The molecule has 0 heterocycles. The molecule has 96 valence electrons. The fraction of sp³-hybridized carbons (Fsp3) is 0.375. The summed E-state index contributed by atoms with van der Waals surface area (Å²) in [4.78, 5) is 0. The van der Waals surface area contributed by atoms with Gasteiger partial charge in [-0.1, -0.05) is 65.5 Å². The minimum Gasteiger partial charge on any atom is -0.359 e. The summed E-state index contributed by atoms with van der Waals surface area (Å²) in [5.74, 6) is 0. The van der Waals surface area contributed by atoms with Crippen LogP contribution in [0.25, 0.3) is 0 Å². The van der Waals surface area contributed by atoms with Crippen LogP contribution < -0.4 is 5.32 Å². The van der Waals surface area contributed by atoms with Crippen LogP contribution in [-0.2, 0) is 0 Å². The summed E-state index contributed by atoms with van der Waals surface area (Å²) in [5.41, 5.74) is 2.30. The molecule has 1 rings (SSSR count). The first kappa shape index (κ1) is 17.9. The molecule has 0 atom stereocenters. The van der Waals surface area contributed by atoms with E-state index in [1.807, 2.05) is 64.1 Å². The van der Waals surface area contributed by atoms with Gasteiger partial charge in [0.25, 0.3) is 0 Å². The number of benzene rings is 1. The van der Waals surface area contributed by atoms with E-state index in [4.69, 9.17) is 0 Å². The number of allylic oxidation sites excluding steroid dienone is 3. The molecule has 0 saturated carbocycles. The van der Waals surface area contributed by atoms with Gasteiger partial charge >= 0.3 is 0 Å². The van der Waals surface area contributed by atoms with E-state index in [1.54, 1.807) is 6.08 Å². The summed E-state index contributed by atoms with van der Waals surface area (Å²) in [5, 5.41) is 3.32. The van der Waals surface area contributed by atoms with Crippen molar-refractivity contribution in [2.75, 3.05) is 5.32 Å².